The highest BCUT2D eigenvalue weighted by Crippen LogP contribution is 2.33. The summed E-state index contributed by atoms with van der Waals surface area (Å²) in [5.74, 6) is 1.22. The van der Waals surface area contributed by atoms with Crippen molar-refractivity contribution in [2.24, 2.45) is 5.92 Å². The summed E-state index contributed by atoms with van der Waals surface area (Å²) in [5.41, 5.74) is -0.195. The molecule has 2 aromatic rings. The van der Waals surface area contributed by atoms with E-state index in [1.165, 1.54) is 18.3 Å². The number of esters is 1. The van der Waals surface area contributed by atoms with Gasteiger partial charge in [-0.15, -0.1) is 12.3 Å². The molecule has 8 nitrogen and oxygen atoms in total. The van der Waals surface area contributed by atoms with Gasteiger partial charge in [-0.05, 0) is 44.5 Å². The van der Waals surface area contributed by atoms with E-state index < -0.39 is 48.2 Å². The maximum Gasteiger partial charge on any atom is 0.405 e. The molecule has 0 saturated carbocycles. The van der Waals surface area contributed by atoms with E-state index in [0.717, 1.165) is 0 Å². The third-order valence-corrected chi connectivity index (χ3v) is 7.17. The number of hydrogen-bond donors (Lipinski definition) is 1. The van der Waals surface area contributed by atoms with Gasteiger partial charge in [0.15, 0.2) is 5.76 Å². The van der Waals surface area contributed by atoms with Crippen molar-refractivity contribution in [2.45, 2.75) is 50.6 Å². The van der Waals surface area contributed by atoms with Gasteiger partial charge in [-0.1, -0.05) is 0 Å². The number of nitrogens with zero attached hydrogens (tertiary/aromatic N) is 3. The number of aromatic nitrogens is 1. The average Bonchev–Trinajstić information content (AvgIpc) is 3.50. The highest BCUT2D eigenvalue weighted by molar-refractivity contribution is 5.82. The van der Waals surface area contributed by atoms with Gasteiger partial charge < -0.3 is 14.5 Å². The fourth-order valence-electron chi connectivity index (χ4n) is 4.94. The predicted molar refractivity (Wildman–Crippen MR) is 132 cm³/mol. The monoisotopic (exact) mass is 550 g/mol. The van der Waals surface area contributed by atoms with Crippen molar-refractivity contribution in [1.82, 2.24) is 20.1 Å². The van der Waals surface area contributed by atoms with Gasteiger partial charge in [0.25, 0.3) is 0 Å². The molecular formula is C27H30F4N4O4. The molecular weight excluding hydrogens is 520 g/mol. The van der Waals surface area contributed by atoms with Crippen LogP contribution in [-0.4, -0.2) is 77.7 Å². The van der Waals surface area contributed by atoms with E-state index in [1.54, 1.807) is 17.0 Å². The second kappa shape index (κ2) is 11.4. The Morgan fingerprint density at radius 2 is 1.95 bits per heavy atom. The summed E-state index contributed by atoms with van der Waals surface area (Å²) >= 11 is 0. The minimum atomic E-state index is -4.56. The molecule has 2 aliphatic rings. The Morgan fingerprint density at radius 3 is 2.62 bits per heavy atom. The van der Waals surface area contributed by atoms with Gasteiger partial charge in [0.1, 0.15) is 24.5 Å². The summed E-state index contributed by atoms with van der Waals surface area (Å²) in [4.78, 5) is 33.2. The SMILES string of the molecule is C#CC[C@@H]1C[C@@H](CN2CCN(C(C)(C)c3ncc(-c4ccc(F)cc4)o3)C[C@H]2C(=O)NCC(F)(F)F)OC1=O. The van der Waals surface area contributed by atoms with Crippen LogP contribution < -0.4 is 5.32 Å². The summed E-state index contributed by atoms with van der Waals surface area (Å²) < 4.78 is 63.3. The third kappa shape index (κ3) is 6.78. The number of alkyl halides is 3. The van der Waals surface area contributed by atoms with E-state index in [1.807, 2.05) is 24.1 Å². The number of terminal acetylenes is 1. The normalized spacial score (nSPS) is 22.9. The standard InChI is InChI=1S/C27H30F4N4O4/c1-4-5-18-12-20(38-24(18)37)14-34-10-11-35(15-21(34)23(36)33-16-27(29,30)31)26(2,3)25-32-13-22(39-25)17-6-8-19(28)9-7-17/h1,6-9,13,18,20-21H,5,10-12,14-16H2,2-3H3,(H,33,36)/t18-,20+,21+/m1/s1. The molecule has 3 atom stereocenters. The second-order valence-electron chi connectivity index (χ2n) is 10.3. The summed E-state index contributed by atoms with van der Waals surface area (Å²) in [5, 5.41) is 1.99. The first-order valence-electron chi connectivity index (χ1n) is 12.6. The number of oxazole rings is 1. The van der Waals surface area contributed by atoms with E-state index in [2.05, 4.69) is 10.9 Å². The molecule has 1 N–H and O–H groups in total. The molecule has 39 heavy (non-hydrogen) atoms. The van der Waals surface area contributed by atoms with Gasteiger partial charge >= 0.3 is 12.1 Å². The average molecular weight is 551 g/mol. The Labute approximate surface area is 223 Å². The summed E-state index contributed by atoms with van der Waals surface area (Å²) in [7, 11) is 0. The number of nitrogens with one attached hydrogen (secondary N) is 1. The van der Waals surface area contributed by atoms with Crippen LogP contribution in [0.25, 0.3) is 11.3 Å². The molecule has 0 spiro atoms. The first-order chi connectivity index (χ1) is 18.4. The van der Waals surface area contributed by atoms with Crippen LogP contribution in [0.2, 0.25) is 0 Å². The maximum atomic E-state index is 13.3. The Balaban J connectivity index is 1.51. The zero-order chi connectivity index (χ0) is 28.4. The van der Waals surface area contributed by atoms with Crippen molar-refractivity contribution in [3.8, 4) is 23.7 Å². The Morgan fingerprint density at radius 1 is 1.23 bits per heavy atom. The Bertz CT molecular complexity index is 1220. The van der Waals surface area contributed by atoms with Crippen LogP contribution >= 0.6 is 0 Å². The van der Waals surface area contributed by atoms with Crippen molar-refractivity contribution >= 4 is 11.9 Å². The molecule has 0 aliphatic carbocycles. The summed E-state index contributed by atoms with van der Waals surface area (Å²) in [6.45, 7) is 3.28. The fraction of sp³-hybridized carbons (Fsp3) is 0.519. The van der Waals surface area contributed by atoms with Gasteiger partial charge in [-0.25, -0.2) is 9.37 Å². The molecule has 1 amide bonds. The highest BCUT2D eigenvalue weighted by Gasteiger charge is 2.44. The summed E-state index contributed by atoms with van der Waals surface area (Å²) in [6, 6.07) is 4.80. The lowest BCUT2D eigenvalue weighted by Gasteiger charge is -2.46. The van der Waals surface area contributed by atoms with E-state index >= 15 is 0 Å². The van der Waals surface area contributed by atoms with Crippen LogP contribution in [0.4, 0.5) is 17.6 Å². The van der Waals surface area contributed by atoms with Crippen LogP contribution in [0.15, 0.2) is 34.9 Å². The fourth-order valence-corrected chi connectivity index (χ4v) is 4.94. The van der Waals surface area contributed by atoms with Crippen molar-refractivity contribution in [1.29, 1.82) is 0 Å². The number of halogens is 4. The number of rotatable bonds is 8. The molecule has 210 valence electrons. The van der Waals surface area contributed by atoms with Crippen molar-refractivity contribution < 1.29 is 36.3 Å². The topological polar surface area (TPSA) is 87.9 Å². The van der Waals surface area contributed by atoms with Crippen molar-refractivity contribution in [2.75, 3.05) is 32.7 Å². The van der Waals surface area contributed by atoms with Gasteiger partial charge in [0.2, 0.25) is 11.8 Å². The largest absolute Gasteiger partial charge is 0.461 e. The van der Waals surface area contributed by atoms with Crippen molar-refractivity contribution in [3.05, 3.63) is 42.2 Å². The van der Waals surface area contributed by atoms with Crippen LogP contribution in [0, 0.1) is 24.1 Å². The number of ether oxygens (including phenoxy) is 1. The number of hydrogen-bond acceptors (Lipinski definition) is 7. The molecule has 2 saturated heterocycles. The minimum absolute atomic E-state index is 0.0827. The zero-order valence-corrected chi connectivity index (χ0v) is 21.6. The molecule has 0 unspecified atom stereocenters. The number of cyclic esters (lactones) is 1. The number of carbonyl (C=O) groups is 2. The first-order valence-corrected chi connectivity index (χ1v) is 12.6. The zero-order valence-electron chi connectivity index (χ0n) is 21.6. The lowest BCUT2D eigenvalue weighted by atomic mass is 9.97. The van der Waals surface area contributed by atoms with Crippen molar-refractivity contribution in [3.63, 3.8) is 0 Å². The van der Waals surface area contributed by atoms with Crippen LogP contribution in [-0.2, 0) is 19.9 Å². The quantitative estimate of drug-likeness (QED) is 0.307. The minimum Gasteiger partial charge on any atom is -0.461 e. The first kappa shape index (κ1) is 28.6. The number of piperazine rings is 1. The maximum absolute atomic E-state index is 13.3. The Kier molecular flexibility index (Phi) is 8.32. The number of carbonyl (C=O) groups excluding carboxylic acids is 2. The molecule has 1 aromatic heterocycles. The van der Waals surface area contributed by atoms with E-state index in [9.17, 15) is 27.2 Å². The summed E-state index contributed by atoms with van der Waals surface area (Å²) in [6.07, 6.45) is 2.40. The van der Waals surface area contributed by atoms with Crippen LogP contribution in [0.5, 0.6) is 0 Å². The highest BCUT2D eigenvalue weighted by atomic mass is 19.4. The van der Waals surface area contributed by atoms with Gasteiger partial charge in [-0.2, -0.15) is 13.2 Å². The number of amides is 1. The molecule has 1 aromatic carbocycles. The van der Waals surface area contributed by atoms with Crippen LogP contribution in [0.1, 0.15) is 32.6 Å². The van der Waals surface area contributed by atoms with E-state index in [-0.39, 0.29) is 25.3 Å². The number of benzene rings is 1. The molecule has 12 heteroatoms. The van der Waals surface area contributed by atoms with Gasteiger partial charge in [0, 0.05) is 38.2 Å². The molecule has 3 heterocycles. The molecule has 2 aliphatic heterocycles. The lowest BCUT2D eigenvalue weighted by Crippen LogP contribution is -2.63. The second-order valence-corrected chi connectivity index (χ2v) is 10.3. The van der Waals surface area contributed by atoms with E-state index in [0.29, 0.717) is 36.7 Å². The molecule has 0 radical (unpaired) electrons. The predicted octanol–water partition coefficient (Wildman–Crippen LogP) is 3.34. The smallest absolute Gasteiger partial charge is 0.405 e. The Hall–Kier alpha value is -3.43. The van der Waals surface area contributed by atoms with Crippen LogP contribution in [0.3, 0.4) is 0 Å². The molecule has 2 fully saturated rings. The lowest BCUT2D eigenvalue weighted by molar-refractivity contribution is -0.148. The third-order valence-electron chi connectivity index (χ3n) is 7.17. The molecule has 0 bridgehead atoms. The van der Waals surface area contributed by atoms with Gasteiger partial charge in [0.05, 0.1) is 17.7 Å². The molecule has 4 rings (SSSR count). The van der Waals surface area contributed by atoms with Gasteiger partial charge in [-0.3, -0.25) is 19.4 Å². The van der Waals surface area contributed by atoms with E-state index in [4.69, 9.17) is 15.6 Å².